The van der Waals surface area contributed by atoms with Crippen LogP contribution in [0.1, 0.15) is 6.42 Å². The van der Waals surface area contributed by atoms with Crippen molar-refractivity contribution < 1.29 is 22.1 Å². The fourth-order valence-corrected chi connectivity index (χ4v) is 3.86. The van der Waals surface area contributed by atoms with Crippen LogP contribution < -0.4 is 4.90 Å². The van der Waals surface area contributed by atoms with Gasteiger partial charge in [0.1, 0.15) is 16.5 Å². The molecule has 2 rings (SSSR count). The minimum atomic E-state index is -4.02. The second-order valence-corrected chi connectivity index (χ2v) is 6.79. The lowest BCUT2D eigenvalue weighted by Crippen LogP contribution is -3.14. The first kappa shape index (κ1) is 15.8. The van der Waals surface area contributed by atoms with Crippen molar-refractivity contribution in [2.45, 2.75) is 11.3 Å². The Morgan fingerprint density at radius 3 is 2.57 bits per heavy atom. The molecular weight excluding hydrogens is 300 g/mol. The lowest BCUT2D eigenvalue weighted by atomic mass is 10.3. The molecule has 1 aliphatic heterocycles. The highest BCUT2D eigenvalue weighted by molar-refractivity contribution is 7.89. The van der Waals surface area contributed by atoms with Crippen molar-refractivity contribution in [1.29, 1.82) is 5.26 Å². The molecule has 5 nitrogen and oxygen atoms in total. The SMILES string of the molecule is N#CCC[NH+]1CCN(S(=O)(=O)c2cc(F)ccc2F)CC1. The third-order valence-electron chi connectivity index (χ3n) is 3.53. The van der Waals surface area contributed by atoms with Crippen LogP contribution in [-0.4, -0.2) is 45.4 Å². The van der Waals surface area contributed by atoms with Crippen LogP contribution in [0.2, 0.25) is 0 Å². The van der Waals surface area contributed by atoms with E-state index in [1.165, 1.54) is 4.31 Å². The van der Waals surface area contributed by atoms with E-state index >= 15 is 0 Å². The fraction of sp³-hybridized carbons (Fsp3) is 0.462. The van der Waals surface area contributed by atoms with Gasteiger partial charge in [-0.3, -0.25) is 0 Å². The molecule has 0 saturated carbocycles. The molecule has 1 aliphatic rings. The minimum Gasteiger partial charge on any atom is -0.332 e. The Labute approximate surface area is 122 Å². The quantitative estimate of drug-likeness (QED) is 0.834. The number of benzene rings is 1. The molecule has 114 valence electrons. The molecule has 0 radical (unpaired) electrons. The van der Waals surface area contributed by atoms with Gasteiger partial charge in [-0.05, 0) is 18.2 Å². The predicted molar refractivity (Wildman–Crippen MR) is 70.9 cm³/mol. The zero-order valence-electron chi connectivity index (χ0n) is 11.3. The third-order valence-corrected chi connectivity index (χ3v) is 5.44. The zero-order valence-corrected chi connectivity index (χ0v) is 12.2. The second kappa shape index (κ2) is 6.47. The van der Waals surface area contributed by atoms with Gasteiger partial charge in [-0.15, -0.1) is 0 Å². The van der Waals surface area contributed by atoms with E-state index in [1.807, 2.05) is 0 Å². The number of nitrogens with one attached hydrogen (secondary N) is 1. The number of halogens is 2. The number of nitrogens with zero attached hydrogens (tertiary/aromatic N) is 2. The summed E-state index contributed by atoms with van der Waals surface area (Å²) >= 11 is 0. The summed E-state index contributed by atoms with van der Waals surface area (Å²) in [6.07, 6.45) is 0.417. The molecule has 1 heterocycles. The second-order valence-electron chi connectivity index (χ2n) is 4.89. The minimum absolute atomic E-state index is 0.235. The van der Waals surface area contributed by atoms with E-state index < -0.39 is 26.6 Å². The molecule has 1 saturated heterocycles. The van der Waals surface area contributed by atoms with Crippen LogP contribution in [0.4, 0.5) is 8.78 Å². The highest BCUT2D eigenvalue weighted by atomic mass is 32.2. The molecule has 0 unspecified atom stereocenters. The van der Waals surface area contributed by atoms with Crippen LogP contribution in [0.15, 0.2) is 23.1 Å². The Hall–Kier alpha value is -1.56. The van der Waals surface area contributed by atoms with Gasteiger partial charge in [-0.2, -0.15) is 9.57 Å². The molecule has 21 heavy (non-hydrogen) atoms. The number of rotatable bonds is 4. The Balaban J connectivity index is 2.12. The topological polar surface area (TPSA) is 65.6 Å². The maximum Gasteiger partial charge on any atom is 0.246 e. The number of sulfonamides is 1. The number of nitriles is 1. The van der Waals surface area contributed by atoms with Crippen LogP contribution >= 0.6 is 0 Å². The Morgan fingerprint density at radius 1 is 1.29 bits per heavy atom. The summed E-state index contributed by atoms with van der Waals surface area (Å²) in [5.41, 5.74) is 0. The van der Waals surface area contributed by atoms with E-state index in [4.69, 9.17) is 5.26 Å². The van der Waals surface area contributed by atoms with Gasteiger partial charge in [0.05, 0.1) is 45.2 Å². The van der Waals surface area contributed by atoms with Crippen molar-refractivity contribution in [3.63, 3.8) is 0 Å². The summed E-state index contributed by atoms with van der Waals surface area (Å²) in [6.45, 7) is 2.24. The first-order valence-electron chi connectivity index (χ1n) is 6.61. The normalized spacial score (nSPS) is 17.6. The van der Waals surface area contributed by atoms with Gasteiger partial charge in [-0.25, -0.2) is 17.2 Å². The molecule has 8 heteroatoms. The van der Waals surface area contributed by atoms with Crippen LogP contribution in [0.5, 0.6) is 0 Å². The number of piperazine rings is 1. The number of quaternary nitrogens is 1. The van der Waals surface area contributed by atoms with Crippen LogP contribution in [0.3, 0.4) is 0 Å². The van der Waals surface area contributed by atoms with Crippen LogP contribution in [0.25, 0.3) is 0 Å². The Kier molecular flexibility index (Phi) is 4.88. The summed E-state index contributed by atoms with van der Waals surface area (Å²) in [5.74, 6) is -1.73. The van der Waals surface area contributed by atoms with Gasteiger partial charge >= 0.3 is 0 Å². The number of hydrogen-bond acceptors (Lipinski definition) is 3. The van der Waals surface area contributed by atoms with Crippen molar-refractivity contribution in [3.05, 3.63) is 29.8 Å². The van der Waals surface area contributed by atoms with Crippen molar-refractivity contribution in [3.8, 4) is 6.07 Å². The zero-order chi connectivity index (χ0) is 15.5. The summed E-state index contributed by atoms with van der Waals surface area (Å²) in [6, 6.07) is 4.46. The Morgan fingerprint density at radius 2 is 1.95 bits per heavy atom. The summed E-state index contributed by atoms with van der Waals surface area (Å²) in [4.78, 5) is 0.519. The van der Waals surface area contributed by atoms with E-state index in [9.17, 15) is 17.2 Å². The van der Waals surface area contributed by atoms with Crippen molar-refractivity contribution >= 4 is 10.0 Å². The van der Waals surface area contributed by atoms with E-state index in [-0.39, 0.29) is 13.1 Å². The largest absolute Gasteiger partial charge is 0.332 e. The van der Waals surface area contributed by atoms with Crippen LogP contribution in [0, 0.1) is 23.0 Å². The molecule has 0 aliphatic carbocycles. The predicted octanol–water partition coefficient (Wildman–Crippen LogP) is -0.232. The van der Waals surface area contributed by atoms with Gasteiger partial charge in [0.15, 0.2) is 0 Å². The van der Waals surface area contributed by atoms with Gasteiger partial charge in [-0.1, -0.05) is 0 Å². The molecule has 1 fully saturated rings. The summed E-state index contributed by atoms with van der Waals surface area (Å²) < 4.78 is 52.7. The molecule has 1 N–H and O–H groups in total. The molecule has 0 atom stereocenters. The van der Waals surface area contributed by atoms with Gasteiger partial charge in [0.25, 0.3) is 0 Å². The molecule has 1 aromatic rings. The maximum absolute atomic E-state index is 13.6. The smallest absolute Gasteiger partial charge is 0.246 e. The fourth-order valence-electron chi connectivity index (χ4n) is 2.34. The first-order chi connectivity index (χ1) is 9.95. The van der Waals surface area contributed by atoms with E-state index in [0.717, 1.165) is 17.0 Å². The third kappa shape index (κ3) is 3.56. The highest BCUT2D eigenvalue weighted by Gasteiger charge is 2.32. The first-order valence-corrected chi connectivity index (χ1v) is 8.05. The Bertz CT molecular complexity index is 650. The van der Waals surface area contributed by atoms with Gasteiger partial charge < -0.3 is 4.90 Å². The lowest BCUT2D eigenvalue weighted by molar-refractivity contribution is -0.903. The summed E-state index contributed by atoms with van der Waals surface area (Å²) in [5, 5.41) is 8.54. The molecule has 1 aromatic carbocycles. The summed E-state index contributed by atoms with van der Waals surface area (Å²) in [7, 11) is -4.02. The maximum atomic E-state index is 13.6. The van der Waals surface area contributed by atoms with E-state index in [0.29, 0.717) is 32.1 Å². The standard InChI is InChI=1S/C13H15F2N3O2S/c14-11-2-3-12(15)13(10-11)21(19,20)18-8-6-17(7-9-18)5-1-4-16/h2-3,10H,1,5-9H2/p+1. The molecule has 0 spiro atoms. The molecule has 0 bridgehead atoms. The lowest BCUT2D eigenvalue weighted by Gasteiger charge is -2.31. The van der Waals surface area contributed by atoms with Crippen LogP contribution in [-0.2, 0) is 10.0 Å². The van der Waals surface area contributed by atoms with E-state index in [2.05, 4.69) is 6.07 Å². The molecular formula is C13H16F2N3O2S+. The average Bonchev–Trinajstić information content (AvgIpc) is 2.48. The monoisotopic (exact) mass is 316 g/mol. The van der Waals surface area contributed by atoms with E-state index in [1.54, 1.807) is 0 Å². The van der Waals surface area contributed by atoms with Gasteiger partial charge in [0, 0.05) is 0 Å². The molecule has 0 aromatic heterocycles. The molecule has 0 amide bonds. The van der Waals surface area contributed by atoms with Gasteiger partial charge in [0.2, 0.25) is 10.0 Å². The van der Waals surface area contributed by atoms with Crippen molar-refractivity contribution in [2.75, 3.05) is 32.7 Å². The van der Waals surface area contributed by atoms with Crippen molar-refractivity contribution in [1.82, 2.24) is 4.31 Å². The number of hydrogen-bond donors (Lipinski definition) is 1. The van der Waals surface area contributed by atoms with Crippen molar-refractivity contribution in [2.24, 2.45) is 0 Å². The average molecular weight is 316 g/mol. The highest BCUT2D eigenvalue weighted by Crippen LogP contribution is 2.20.